The van der Waals surface area contributed by atoms with Crippen molar-refractivity contribution in [3.8, 4) is 0 Å². The third-order valence-corrected chi connectivity index (χ3v) is 3.31. The number of alkyl halides is 1. The van der Waals surface area contributed by atoms with Crippen LogP contribution in [0.1, 0.15) is 26.7 Å². The summed E-state index contributed by atoms with van der Waals surface area (Å²) in [5, 5.41) is 9.55. The Labute approximate surface area is 116 Å². The molecule has 0 bridgehead atoms. The van der Waals surface area contributed by atoms with E-state index in [4.69, 9.17) is 11.6 Å². The zero-order valence-electron chi connectivity index (χ0n) is 11.1. The zero-order chi connectivity index (χ0) is 13.9. The van der Waals surface area contributed by atoms with Gasteiger partial charge in [-0.05, 0) is 18.3 Å². The minimum atomic E-state index is -0.281. The van der Waals surface area contributed by atoms with Gasteiger partial charge in [0, 0.05) is 18.5 Å². The second-order valence-corrected chi connectivity index (χ2v) is 5.72. The maximum absolute atomic E-state index is 11.3. The highest BCUT2D eigenvalue weighted by atomic mass is 35.5. The predicted octanol–water partition coefficient (Wildman–Crippen LogP) is 1.87. The Balaban J connectivity index is 2.03. The van der Waals surface area contributed by atoms with E-state index in [1.54, 1.807) is 6.07 Å². The van der Waals surface area contributed by atoms with Gasteiger partial charge in [-0.3, -0.25) is 0 Å². The van der Waals surface area contributed by atoms with Gasteiger partial charge in [0.1, 0.15) is 12.1 Å². The summed E-state index contributed by atoms with van der Waals surface area (Å²) in [6, 6.07) is 1.75. The molecule has 0 unspecified atom stereocenters. The Morgan fingerprint density at radius 1 is 1.53 bits per heavy atom. The number of anilines is 1. The number of H-pyrrole nitrogens is 1. The molecule has 0 spiro atoms. The molecule has 0 radical (unpaired) electrons. The maximum Gasteiger partial charge on any atom is 0.348 e. The fourth-order valence-electron chi connectivity index (χ4n) is 1.87. The zero-order valence-corrected chi connectivity index (χ0v) is 11.9. The number of nitrogens with zero attached hydrogens (tertiary/aromatic N) is 3. The molecule has 0 aliphatic heterocycles. The molecular weight excluding hydrogens is 266 g/mol. The molecule has 0 saturated carbocycles. The first kappa shape index (κ1) is 13.9. The SMILES string of the molecule is CC(C)(CCCCl)CNc1cc2n[nH]c(=O)n2cn1. The number of nitrogens with one attached hydrogen (secondary N) is 2. The van der Waals surface area contributed by atoms with Gasteiger partial charge in [0.15, 0.2) is 5.65 Å². The van der Waals surface area contributed by atoms with Crippen molar-refractivity contribution in [2.45, 2.75) is 26.7 Å². The van der Waals surface area contributed by atoms with Crippen molar-refractivity contribution in [1.29, 1.82) is 0 Å². The van der Waals surface area contributed by atoms with Crippen LogP contribution < -0.4 is 11.0 Å². The predicted molar refractivity (Wildman–Crippen MR) is 75.8 cm³/mol. The van der Waals surface area contributed by atoms with E-state index in [2.05, 4.69) is 34.3 Å². The smallest absolute Gasteiger partial charge is 0.348 e. The first-order valence-corrected chi connectivity index (χ1v) is 6.78. The van der Waals surface area contributed by atoms with E-state index in [0.717, 1.165) is 19.4 Å². The summed E-state index contributed by atoms with van der Waals surface area (Å²) in [5.74, 6) is 1.40. The standard InChI is InChI=1S/C12H18ClN5O/c1-12(2,4-3-5-13)7-14-9-6-10-16-17-11(19)18(10)8-15-9/h6,8,14H,3-5,7H2,1-2H3,(H,17,19). The topological polar surface area (TPSA) is 75.1 Å². The molecule has 0 atom stereocenters. The highest BCUT2D eigenvalue weighted by Gasteiger charge is 2.17. The highest BCUT2D eigenvalue weighted by Crippen LogP contribution is 2.23. The average molecular weight is 284 g/mol. The number of rotatable bonds is 6. The monoisotopic (exact) mass is 283 g/mol. The molecular formula is C12H18ClN5O. The van der Waals surface area contributed by atoms with Crippen molar-refractivity contribution in [3.63, 3.8) is 0 Å². The van der Waals surface area contributed by atoms with Crippen LogP contribution in [0, 0.1) is 5.41 Å². The summed E-state index contributed by atoms with van der Waals surface area (Å²) >= 11 is 5.72. The molecule has 0 fully saturated rings. The lowest BCUT2D eigenvalue weighted by atomic mass is 9.88. The molecule has 7 heteroatoms. The van der Waals surface area contributed by atoms with E-state index in [9.17, 15) is 4.79 Å². The van der Waals surface area contributed by atoms with Gasteiger partial charge in [-0.25, -0.2) is 19.3 Å². The number of aromatic amines is 1. The summed E-state index contributed by atoms with van der Waals surface area (Å²) in [7, 11) is 0. The van der Waals surface area contributed by atoms with Crippen molar-refractivity contribution in [2.75, 3.05) is 17.7 Å². The lowest BCUT2D eigenvalue weighted by Crippen LogP contribution is -2.23. The Morgan fingerprint density at radius 3 is 3.05 bits per heavy atom. The van der Waals surface area contributed by atoms with Gasteiger partial charge in [-0.15, -0.1) is 11.6 Å². The second-order valence-electron chi connectivity index (χ2n) is 5.34. The third kappa shape index (κ3) is 3.47. The summed E-state index contributed by atoms with van der Waals surface area (Å²) in [6.07, 6.45) is 3.51. The number of aromatic nitrogens is 4. The van der Waals surface area contributed by atoms with Gasteiger partial charge in [0.2, 0.25) is 0 Å². The molecule has 2 heterocycles. The van der Waals surface area contributed by atoms with E-state index in [0.29, 0.717) is 17.3 Å². The molecule has 19 heavy (non-hydrogen) atoms. The summed E-state index contributed by atoms with van der Waals surface area (Å²) in [5.41, 5.74) is 0.422. The maximum atomic E-state index is 11.3. The van der Waals surface area contributed by atoms with Crippen LogP contribution in [0.3, 0.4) is 0 Å². The van der Waals surface area contributed by atoms with Crippen LogP contribution in [0.4, 0.5) is 5.82 Å². The first-order chi connectivity index (χ1) is 9.02. The van der Waals surface area contributed by atoms with Crippen LogP contribution in [-0.2, 0) is 0 Å². The number of fused-ring (bicyclic) bond motifs is 1. The fraction of sp³-hybridized carbons (Fsp3) is 0.583. The molecule has 0 aliphatic carbocycles. The molecule has 2 aromatic rings. The van der Waals surface area contributed by atoms with Gasteiger partial charge in [-0.1, -0.05) is 13.8 Å². The van der Waals surface area contributed by atoms with Crippen molar-refractivity contribution in [2.24, 2.45) is 5.41 Å². The summed E-state index contributed by atoms with van der Waals surface area (Å²) < 4.78 is 1.36. The third-order valence-electron chi connectivity index (χ3n) is 3.05. The average Bonchev–Trinajstić information content (AvgIpc) is 2.76. The molecule has 2 aromatic heterocycles. The minimum absolute atomic E-state index is 0.147. The minimum Gasteiger partial charge on any atom is -0.369 e. The van der Waals surface area contributed by atoms with E-state index in [1.807, 2.05) is 0 Å². The molecule has 2 rings (SSSR count). The summed E-state index contributed by atoms with van der Waals surface area (Å²) in [6.45, 7) is 5.16. The lowest BCUT2D eigenvalue weighted by Gasteiger charge is -2.24. The van der Waals surface area contributed by atoms with Gasteiger partial charge < -0.3 is 5.32 Å². The Bertz CT molecular complexity index is 603. The van der Waals surface area contributed by atoms with Crippen LogP contribution in [0.5, 0.6) is 0 Å². The normalized spacial score (nSPS) is 11.9. The second kappa shape index (κ2) is 5.61. The Kier molecular flexibility index (Phi) is 4.09. The summed E-state index contributed by atoms with van der Waals surface area (Å²) in [4.78, 5) is 15.5. The lowest BCUT2D eigenvalue weighted by molar-refractivity contribution is 0.355. The number of halogens is 1. The molecule has 0 amide bonds. The molecule has 0 aromatic carbocycles. The Hall–Kier alpha value is -1.56. The van der Waals surface area contributed by atoms with Crippen molar-refractivity contribution >= 4 is 23.1 Å². The fourth-order valence-corrected chi connectivity index (χ4v) is 2.00. The largest absolute Gasteiger partial charge is 0.369 e. The molecule has 0 saturated heterocycles. The Morgan fingerprint density at radius 2 is 2.32 bits per heavy atom. The molecule has 2 N–H and O–H groups in total. The van der Waals surface area contributed by atoms with Crippen molar-refractivity contribution < 1.29 is 0 Å². The molecule has 104 valence electrons. The van der Waals surface area contributed by atoms with Gasteiger partial charge >= 0.3 is 5.69 Å². The molecule has 6 nitrogen and oxygen atoms in total. The quantitative estimate of drug-likeness (QED) is 0.794. The van der Waals surface area contributed by atoms with Crippen molar-refractivity contribution in [1.82, 2.24) is 19.6 Å². The highest BCUT2D eigenvalue weighted by molar-refractivity contribution is 6.17. The van der Waals surface area contributed by atoms with Gasteiger partial charge in [-0.2, -0.15) is 5.10 Å². The van der Waals surface area contributed by atoms with Crippen LogP contribution in [0.15, 0.2) is 17.2 Å². The number of hydrogen-bond donors (Lipinski definition) is 2. The van der Waals surface area contributed by atoms with Gasteiger partial charge in [0.05, 0.1) is 0 Å². The molecule has 0 aliphatic rings. The van der Waals surface area contributed by atoms with E-state index in [1.165, 1.54) is 10.7 Å². The van der Waals surface area contributed by atoms with Crippen LogP contribution >= 0.6 is 11.6 Å². The van der Waals surface area contributed by atoms with Crippen molar-refractivity contribution in [3.05, 3.63) is 22.9 Å². The van der Waals surface area contributed by atoms with Crippen LogP contribution in [0.2, 0.25) is 0 Å². The van der Waals surface area contributed by atoms with E-state index in [-0.39, 0.29) is 11.1 Å². The van der Waals surface area contributed by atoms with E-state index < -0.39 is 0 Å². The first-order valence-electron chi connectivity index (χ1n) is 6.24. The van der Waals surface area contributed by atoms with Crippen LogP contribution in [0.25, 0.3) is 5.65 Å². The van der Waals surface area contributed by atoms with Crippen LogP contribution in [-0.4, -0.2) is 32.0 Å². The van der Waals surface area contributed by atoms with Gasteiger partial charge in [0.25, 0.3) is 0 Å². The number of hydrogen-bond acceptors (Lipinski definition) is 4. The van der Waals surface area contributed by atoms with E-state index >= 15 is 0 Å².